The van der Waals surface area contributed by atoms with Crippen molar-refractivity contribution in [1.82, 2.24) is 0 Å². The summed E-state index contributed by atoms with van der Waals surface area (Å²) in [6, 6.07) is 19.1. The largest absolute Gasteiger partial charge is 0.192 e. The van der Waals surface area contributed by atoms with Crippen LogP contribution < -0.4 is 0 Å². The van der Waals surface area contributed by atoms with Gasteiger partial charge in [-0.1, -0.05) is 75.1 Å². The molecule has 27 heavy (non-hydrogen) atoms. The van der Waals surface area contributed by atoms with Gasteiger partial charge in [-0.3, -0.25) is 0 Å². The molecule has 2 aromatic rings. The first-order valence-corrected chi connectivity index (χ1v) is 10.5. The maximum absolute atomic E-state index is 8.96. The van der Waals surface area contributed by atoms with Crippen LogP contribution in [0.25, 0.3) is 11.1 Å². The van der Waals surface area contributed by atoms with Gasteiger partial charge < -0.3 is 0 Å². The first kappa shape index (κ1) is 19.4. The lowest BCUT2D eigenvalue weighted by molar-refractivity contribution is 0.232. The maximum Gasteiger partial charge on any atom is 0.0991 e. The highest BCUT2D eigenvalue weighted by Gasteiger charge is 2.27. The van der Waals surface area contributed by atoms with Crippen molar-refractivity contribution in [3.63, 3.8) is 0 Å². The van der Waals surface area contributed by atoms with E-state index < -0.39 is 0 Å². The quantitative estimate of drug-likeness (QED) is 0.471. The average molecular weight is 358 g/mol. The van der Waals surface area contributed by atoms with E-state index in [9.17, 15) is 0 Å². The van der Waals surface area contributed by atoms with Crippen LogP contribution >= 0.6 is 0 Å². The second-order valence-electron chi connectivity index (χ2n) is 8.01. The normalized spacial score (nSPS) is 20.6. The van der Waals surface area contributed by atoms with Gasteiger partial charge in [-0.25, -0.2) is 0 Å². The summed E-state index contributed by atoms with van der Waals surface area (Å²) < 4.78 is 0. The Balaban J connectivity index is 1.72. The van der Waals surface area contributed by atoms with E-state index in [1.54, 1.807) is 0 Å². The van der Waals surface area contributed by atoms with Crippen molar-refractivity contribution in [2.75, 3.05) is 0 Å². The van der Waals surface area contributed by atoms with Gasteiger partial charge in [-0.05, 0) is 65.8 Å². The predicted molar refractivity (Wildman–Crippen MR) is 115 cm³/mol. The van der Waals surface area contributed by atoms with Gasteiger partial charge in [0, 0.05) is 0 Å². The first-order valence-electron chi connectivity index (χ1n) is 10.5. The first-order chi connectivity index (χ1) is 13.2. The van der Waals surface area contributed by atoms with E-state index in [1.165, 1.54) is 55.2 Å². The van der Waals surface area contributed by atoms with Gasteiger partial charge in [-0.2, -0.15) is 5.26 Å². The van der Waals surface area contributed by atoms with Crippen molar-refractivity contribution in [3.05, 3.63) is 72.3 Å². The molecule has 0 saturated heterocycles. The summed E-state index contributed by atoms with van der Waals surface area (Å²) in [4.78, 5) is 0. The lowest BCUT2D eigenvalue weighted by atomic mass is 9.71. The summed E-state index contributed by atoms with van der Waals surface area (Å²) in [6.45, 7) is 6.33. The second-order valence-corrected chi connectivity index (χ2v) is 8.01. The molecule has 0 heterocycles. The van der Waals surface area contributed by atoms with Crippen molar-refractivity contribution >= 4 is 0 Å². The van der Waals surface area contributed by atoms with E-state index in [0.717, 1.165) is 18.3 Å². The summed E-state index contributed by atoms with van der Waals surface area (Å²) in [5.41, 5.74) is 4.54. The van der Waals surface area contributed by atoms with Crippen molar-refractivity contribution in [3.8, 4) is 17.2 Å². The van der Waals surface area contributed by atoms with E-state index in [4.69, 9.17) is 5.26 Å². The molecular weight excluding hydrogens is 326 g/mol. The molecule has 140 valence electrons. The van der Waals surface area contributed by atoms with Crippen molar-refractivity contribution in [1.29, 1.82) is 5.26 Å². The van der Waals surface area contributed by atoms with Gasteiger partial charge in [0.25, 0.3) is 0 Å². The fourth-order valence-corrected chi connectivity index (χ4v) is 4.73. The number of hydrogen-bond donors (Lipinski definition) is 0. The molecule has 1 aliphatic carbocycles. The minimum absolute atomic E-state index is 0.597. The Labute approximate surface area is 164 Å². The molecule has 1 unspecified atom stereocenters. The Morgan fingerprint density at radius 1 is 1.00 bits per heavy atom. The Morgan fingerprint density at radius 2 is 1.59 bits per heavy atom. The monoisotopic (exact) mass is 357 g/mol. The summed E-state index contributed by atoms with van der Waals surface area (Å²) >= 11 is 0. The Morgan fingerprint density at radius 3 is 2.11 bits per heavy atom. The van der Waals surface area contributed by atoms with E-state index in [0.29, 0.717) is 11.5 Å². The average Bonchev–Trinajstić information content (AvgIpc) is 2.73. The fraction of sp³-hybridized carbons (Fsp3) is 0.423. The Kier molecular flexibility index (Phi) is 6.88. The molecule has 1 saturated carbocycles. The lowest BCUT2D eigenvalue weighted by Gasteiger charge is -2.34. The summed E-state index contributed by atoms with van der Waals surface area (Å²) in [5, 5.41) is 8.96. The van der Waals surface area contributed by atoms with Crippen LogP contribution in [0.1, 0.15) is 68.9 Å². The van der Waals surface area contributed by atoms with Crippen LogP contribution in [-0.4, -0.2) is 0 Å². The lowest BCUT2D eigenvalue weighted by Crippen LogP contribution is -2.20. The van der Waals surface area contributed by atoms with Gasteiger partial charge in [0.15, 0.2) is 0 Å². The molecule has 3 rings (SSSR count). The van der Waals surface area contributed by atoms with Gasteiger partial charge in [0.1, 0.15) is 0 Å². The standard InChI is InChI=1S/C26H31N/c1-3-5-20-7-13-24(14-8-20)26(6-4-2)25-17-15-23(16-18-25)22-11-9-21(19-27)10-12-22/h4,9-12,15-18,20,24,26H,2-3,5-8,13-14H2,1H3. The molecule has 1 fully saturated rings. The molecule has 0 aliphatic heterocycles. The molecule has 2 aromatic carbocycles. The summed E-state index contributed by atoms with van der Waals surface area (Å²) in [6.07, 6.45) is 11.4. The zero-order valence-corrected chi connectivity index (χ0v) is 16.5. The third-order valence-electron chi connectivity index (χ3n) is 6.26. The van der Waals surface area contributed by atoms with Crippen LogP contribution in [0.4, 0.5) is 0 Å². The molecule has 0 radical (unpaired) electrons. The van der Waals surface area contributed by atoms with Crippen LogP contribution in [0.5, 0.6) is 0 Å². The fourth-order valence-electron chi connectivity index (χ4n) is 4.73. The van der Waals surface area contributed by atoms with Gasteiger partial charge in [0.2, 0.25) is 0 Å². The minimum atomic E-state index is 0.597. The highest BCUT2D eigenvalue weighted by atomic mass is 14.3. The predicted octanol–water partition coefficient (Wildman–Crippen LogP) is 7.49. The van der Waals surface area contributed by atoms with E-state index in [-0.39, 0.29) is 0 Å². The Bertz CT molecular complexity index is 755. The molecule has 0 aromatic heterocycles. The van der Waals surface area contributed by atoms with E-state index in [2.05, 4.69) is 49.9 Å². The number of allylic oxidation sites excluding steroid dienone is 1. The highest BCUT2D eigenvalue weighted by molar-refractivity contribution is 5.64. The van der Waals surface area contributed by atoms with Gasteiger partial charge in [0.05, 0.1) is 11.6 Å². The van der Waals surface area contributed by atoms with Crippen molar-refractivity contribution in [2.45, 2.75) is 57.8 Å². The molecule has 0 amide bonds. The molecule has 1 nitrogen and oxygen atoms in total. The SMILES string of the molecule is C=CCC(c1ccc(-c2ccc(C#N)cc2)cc1)C1CCC(CCC)CC1. The van der Waals surface area contributed by atoms with Gasteiger partial charge in [-0.15, -0.1) is 6.58 Å². The number of benzene rings is 2. The van der Waals surface area contributed by atoms with Gasteiger partial charge >= 0.3 is 0 Å². The number of nitriles is 1. The topological polar surface area (TPSA) is 23.8 Å². The van der Waals surface area contributed by atoms with Crippen molar-refractivity contribution in [2.24, 2.45) is 11.8 Å². The van der Waals surface area contributed by atoms with Crippen LogP contribution in [0.15, 0.2) is 61.2 Å². The molecule has 1 heteroatoms. The molecule has 0 bridgehead atoms. The molecular formula is C26H31N. The maximum atomic E-state index is 8.96. The van der Waals surface area contributed by atoms with E-state index in [1.807, 2.05) is 24.3 Å². The van der Waals surface area contributed by atoms with Crippen LogP contribution in [0.3, 0.4) is 0 Å². The third-order valence-corrected chi connectivity index (χ3v) is 6.26. The Hall–Kier alpha value is -2.33. The van der Waals surface area contributed by atoms with Crippen LogP contribution in [0, 0.1) is 23.2 Å². The number of hydrogen-bond acceptors (Lipinski definition) is 1. The molecule has 1 atom stereocenters. The summed E-state index contributed by atoms with van der Waals surface area (Å²) in [5.74, 6) is 2.34. The number of nitrogens with zero attached hydrogens (tertiary/aromatic N) is 1. The number of rotatable bonds is 7. The molecule has 1 aliphatic rings. The minimum Gasteiger partial charge on any atom is -0.192 e. The zero-order valence-electron chi connectivity index (χ0n) is 16.5. The second kappa shape index (κ2) is 9.56. The van der Waals surface area contributed by atoms with E-state index >= 15 is 0 Å². The van der Waals surface area contributed by atoms with Crippen LogP contribution in [0.2, 0.25) is 0 Å². The summed E-state index contributed by atoms with van der Waals surface area (Å²) in [7, 11) is 0. The molecule has 0 N–H and O–H groups in total. The smallest absolute Gasteiger partial charge is 0.0991 e. The third kappa shape index (κ3) is 4.89. The van der Waals surface area contributed by atoms with Crippen molar-refractivity contribution < 1.29 is 0 Å². The highest BCUT2D eigenvalue weighted by Crippen LogP contribution is 2.41. The van der Waals surface area contributed by atoms with Crippen LogP contribution in [-0.2, 0) is 0 Å². The zero-order chi connectivity index (χ0) is 19.1. The molecule has 0 spiro atoms.